The van der Waals surface area contributed by atoms with Crippen molar-refractivity contribution < 1.29 is 14.3 Å². The molecule has 0 fully saturated rings. The molecule has 39 heavy (non-hydrogen) atoms. The molecule has 1 aliphatic carbocycles. The molecule has 0 unspecified atom stereocenters. The Balaban J connectivity index is 1.41. The zero-order chi connectivity index (χ0) is 27.4. The summed E-state index contributed by atoms with van der Waals surface area (Å²) in [6.45, 7) is 0.195. The fourth-order valence-corrected chi connectivity index (χ4v) is 6.44. The van der Waals surface area contributed by atoms with Crippen LogP contribution in [0.4, 0.5) is 10.7 Å². The van der Waals surface area contributed by atoms with E-state index in [2.05, 4.69) is 5.32 Å². The summed E-state index contributed by atoms with van der Waals surface area (Å²) in [6.07, 6.45) is 5.72. The summed E-state index contributed by atoms with van der Waals surface area (Å²) in [4.78, 5) is 19.3. The lowest BCUT2D eigenvalue weighted by atomic mass is 9.95. The van der Waals surface area contributed by atoms with Gasteiger partial charge in [0.15, 0.2) is 11.5 Å². The van der Waals surface area contributed by atoms with Gasteiger partial charge in [-0.05, 0) is 73.2 Å². The Hall–Kier alpha value is -3.03. The molecular weight excluding hydrogens is 575 g/mol. The summed E-state index contributed by atoms with van der Waals surface area (Å²) in [5.74, 6) is 0.714. The van der Waals surface area contributed by atoms with E-state index in [0.29, 0.717) is 37.1 Å². The van der Waals surface area contributed by atoms with Gasteiger partial charge >= 0.3 is 0 Å². The third-order valence-corrected chi connectivity index (χ3v) is 8.45. The van der Waals surface area contributed by atoms with E-state index in [1.807, 2.05) is 30.3 Å². The SMILES string of the molecule is COc1cc(C=Nc2sc3c(c2C(=O)Nc2ccccc2)CCCC3)cc(Cl)c1OCc1ccc(Cl)cc1Cl. The van der Waals surface area contributed by atoms with E-state index in [1.54, 1.807) is 55.0 Å². The maximum absolute atomic E-state index is 13.4. The van der Waals surface area contributed by atoms with Crippen LogP contribution in [0.3, 0.4) is 0 Å². The van der Waals surface area contributed by atoms with E-state index in [1.165, 1.54) is 4.88 Å². The molecule has 4 aromatic rings. The van der Waals surface area contributed by atoms with Gasteiger partial charge in [-0.3, -0.25) is 4.79 Å². The van der Waals surface area contributed by atoms with Gasteiger partial charge in [-0.1, -0.05) is 59.1 Å². The zero-order valence-corrected chi connectivity index (χ0v) is 24.2. The number of hydrogen-bond acceptors (Lipinski definition) is 5. The number of aryl methyl sites for hydroxylation is 1. The lowest BCUT2D eigenvalue weighted by Gasteiger charge is -2.14. The lowest BCUT2D eigenvalue weighted by molar-refractivity contribution is 0.102. The first-order chi connectivity index (χ1) is 18.9. The fourth-order valence-electron chi connectivity index (χ4n) is 4.47. The average molecular weight is 600 g/mol. The predicted octanol–water partition coefficient (Wildman–Crippen LogP) is 9.18. The summed E-state index contributed by atoms with van der Waals surface area (Å²) in [7, 11) is 1.55. The molecule has 0 saturated carbocycles. The number of benzene rings is 3. The van der Waals surface area contributed by atoms with Crippen LogP contribution in [-0.4, -0.2) is 19.2 Å². The Bertz CT molecular complexity index is 1540. The molecule has 9 heteroatoms. The third kappa shape index (κ3) is 6.42. The summed E-state index contributed by atoms with van der Waals surface area (Å²) in [6, 6.07) is 18.2. The average Bonchev–Trinajstić information content (AvgIpc) is 3.31. The number of halogens is 3. The van der Waals surface area contributed by atoms with Crippen molar-refractivity contribution in [1.29, 1.82) is 0 Å². The Morgan fingerprint density at radius 3 is 2.59 bits per heavy atom. The van der Waals surface area contributed by atoms with E-state index < -0.39 is 0 Å². The highest BCUT2D eigenvalue weighted by molar-refractivity contribution is 7.16. The molecule has 0 saturated heterocycles. The second kappa shape index (κ2) is 12.4. The van der Waals surface area contributed by atoms with Crippen LogP contribution in [0.25, 0.3) is 0 Å². The molecule has 0 atom stereocenters. The molecule has 0 spiro atoms. The minimum Gasteiger partial charge on any atom is -0.493 e. The molecule has 1 N–H and O–H groups in total. The first-order valence-electron chi connectivity index (χ1n) is 12.4. The van der Waals surface area contributed by atoms with Gasteiger partial charge in [0.2, 0.25) is 0 Å². The maximum Gasteiger partial charge on any atom is 0.259 e. The number of para-hydroxylation sites is 1. The summed E-state index contributed by atoms with van der Waals surface area (Å²) < 4.78 is 11.5. The number of nitrogens with zero attached hydrogens (tertiary/aromatic N) is 1. The molecule has 0 aliphatic heterocycles. The number of aliphatic imine (C=N–C) groups is 1. The monoisotopic (exact) mass is 598 g/mol. The van der Waals surface area contributed by atoms with Gasteiger partial charge in [-0.15, -0.1) is 11.3 Å². The number of carbonyl (C=O) groups is 1. The quantitative estimate of drug-likeness (QED) is 0.205. The number of thiophene rings is 1. The Labute approximate surface area is 246 Å². The first-order valence-corrected chi connectivity index (χ1v) is 14.4. The van der Waals surface area contributed by atoms with Crippen LogP contribution in [0.1, 0.15) is 44.8 Å². The number of carbonyl (C=O) groups excluding carboxylic acids is 1. The van der Waals surface area contributed by atoms with Gasteiger partial charge < -0.3 is 14.8 Å². The largest absolute Gasteiger partial charge is 0.493 e. The van der Waals surface area contributed by atoms with Crippen LogP contribution in [0, 0.1) is 0 Å². The molecule has 5 nitrogen and oxygen atoms in total. The molecule has 5 rings (SSSR count). The van der Waals surface area contributed by atoms with Crippen LogP contribution in [0.5, 0.6) is 11.5 Å². The highest BCUT2D eigenvalue weighted by Crippen LogP contribution is 2.41. The second-order valence-electron chi connectivity index (χ2n) is 9.03. The van der Waals surface area contributed by atoms with Gasteiger partial charge in [-0.2, -0.15) is 0 Å². The van der Waals surface area contributed by atoms with Gasteiger partial charge in [0.05, 0.1) is 17.7 Å². The fraction of sp³-hybridized carbons (Fsp3) is 0.200. The molecule has 1 heterocycles. The molecular formula is C30H25Cl3N2O3S. The molecule has 200 valence electrons. The van der Waals surface area contributed by atoms with Gasteiger partial charge in [-0.25, -0.2) is 4.99 Å². The number of methoxy groups -OCH3 is 1. The summed E-state index contributed by atoms with van der Waals surface area (Å²) >= 11 is 20.4. The number of hydrogen-bond donors (Lipinski definition) is 1. The number of fused-ring (bicyclic) bond motifs is 1. The normalized spacial score (nSPS) is 12.8. The number of ether oxygens (including phenoxy) is 2. The molecule has 1 aliphatic rings. The van der Waals surface area contributed by atoms with Crippen LogP contribution in [0.2, 0.25) is 15.1 Å². The standard InChI is InChI=1S/C30H25Cl3N2O3S/c1-37-25-14-18(13-24(33)28(25)38-17-19-11-12-20(31)15-23(19)32)16-34-30-27(22-9-5-6-10-26(22)39-30)29(36)35-21-7-3-2-4-8-21/h2-4,7-8,11-16H,5-6,9-10,17H2,1H3,(H,35,36). The third-order valence-electron chi connectivity index (χ3n) is 6.38. The smallest absolute Gasteiger partial charge is 0.259 e. The topological polar surface area (TPSA) is 59.9 Å². The van der Waals surface area contributed by atoms with Crippen molar-refractivity contribution in [3.05, 3.63) is 103 Å². The number of nitrogens with one attached hydrogen (secondary N) is 1. The highest BCUT2D eigenvalue weighted by Gasteiger charge is 2.25. The minimum absolute atomic E-state index is 0.145. The number of anilines is 1. The van der Waals surface area contributed by atoms with E-state index >= 15 is 0 Å². The maximum atomic E-state index is 13.4. The first kappa shape index (κ1) is 27.5. The van der Waals surface area contributed by atoms with Crippen LogP contribution in [-0.2, 0) is 19.4 Å². The molecule has 0 bridgehead atoms. The van der Waals surface area contributed by atoms with Crippen molar-refractivity contribution >= 4 is 68.9 Å². The Morgan fingerprint density at radius 2 is 1.82 bits per heavy atom. The predicted molar refractivity (Wildman–Crippen MR) is 161 cm³/mol. The molecule has 0 radical (unpaired) electrons. The zero-order valence-electron chi connectivity index (χ0n) is 21.1. The summed E-state index contributed by atoms with van der Waals surface area (Å²) in [5.41, 5.74) is 3.99. The van der Waals surface area contributed by atoms with Crippen LogP contribution >= 0.6 is 46.1 Å². The van der Waals surface area contributed by atoms with Gasteiger partial charge in [0, 0.05) is 32.4 Å². The Morgan fingerprint density at radius 1 is 1.03 bits per heavy atom. The van der Waals surface area contributed by atoms with Crippen LogP contribution < -0.4 is 14.8 Å². The lowest BCUT2D eigenvalue weighted by Crippen LogP contribution is -2.14. The molecule has 1 aromatic heterocycles. The van der Waals surface area contributed by atoms with E-state index in [4.69, 9.17) is 49.3 Å². The van der Waals surface area contributed by atoms with Crippen molar-refractivity contribution in [2.45, 2.75) is 32.3 Å². The van der Waals surface area contributed by atoms with Crippen molar-refractivity contribution in [3.8, 4) is 11.5 Å². The van der Waals surface area contributed by atoms with Crippen LogP contribution in [0.15, 0.2) is 65.7 Å². The van der Waals surface area contributed by atoms with E-state index in [-0.39, 0.29) is 12.5 Å². The van der Waals surface area contributed by atoms with Gasteiger partial charge in [0.25, 0.3) is 5.91 Å². The van der Waals surface area contributed by atoms with Crippen molar-refractivity contribution in [2.75, 3.05) is 12.4 Å². The van der Waals surface area contributed by atoms with Crippen molar-refractivity contribution in [3.63, 3.8) is 0 Å². The molecule has 3 aromatic carbocycles. The molecule has 1 amide bonds. The highest BCUT2D eigenvalue weighted by atomic mass is 35.5. The minimum atomic E-state index is -0.145. The second-order valence-corrected chi connectivity index (χ2v) is 11.4. The Kier molecular flexibility index (Phi) is 8.78. The summed E-state index contributed by atoms with van der Waals surface area (Å²) in [5, 5.41) is 5.13. The van der Waals surface area contributed by atoms with E-state index in [9.17, 15) is 4.79 Å². The van der Waals surface area contributed by atoms with Gasteiger partial charge in [0.1, 0.15) is 11.6 Å². The number of amides is 1. The van der Waals surface area contributed by atoms with E-state index in [0.717, 1.165) is 48.1 Å². The van der Waals surface area contributed by atoms with Crippen molar-refractivity contribution in [2.24, 2.45) is 4.99 Å². The van der Waals surface area contributed by atoms with Crippen molar-refractivity contribution in [1.82, 2.24) is 0 Å². The number of rotatable bonds is 8.